The van der Waals surface area contributed by atoms with Crippen LogP contribution >= 0.6 is 0 Å². The number of carbonyl (C=O) groups is 2. The standard InChI is InChI=1S/C24H28N4O2/c1-4-11-28-23(29)21(19-9-8-17(2)16-18(19)3)22(24(28)30)27-14-12-26(13-15-27)20-7-5-6-10-25-20/h5-10,16H,4,11-15H2,1-3H3. The fraction of sp³-hybridized carbons (Fsp3) is 0.375. The maximum atomic E-state index is 13.3. The Hall–Kier alpha value is -3.15. The van der Waals surface area contributed by atoms with Crippen LogP contribution in [0.5, 0.6) is 0 Å². The molecule has 0 spiro atoms. The van der Waals surface area contributed by atoms with Crippen LogP contribution in [0.3, 0.4) is 0 Å². The topological polar surface area (TPSA) is 56.8 Å². The van der Waals surface area contributed by atoms with E-state index < -0.39 is 0 Å². The van der Waals surface area contributed by atoms with Crippen LogP contribution in [0.15, 0.2) is 48.3 Å². The number of rotatable bonds is 5. The van der Waals surface area contributed by atoms with Gasteiger partial charge in [-0.3, -0.25) is 14.5 Å². The van der Waals surface area contributed by atoms with Gasteiger partial charge in [0.2, 0.25) is 0 Å². The molecule has 0 aliphatic carbocycles. The highest BCUT2D eigenvalue weighted by Crippen LogP contribution is 2.34. The van der Waals surface area contributed by atoms with Gasteiger partial charge in [0.05, 0.1) is 5.57 Å². The summed E-state index contributed by atoms with van der Waals surface area (Å²) in [7, 11) is 0. The molecule has 0 radical (unpaired) electrons. The van der Waals surface area contributed by atoms with Gasteiger partial charge >= 0.3 is 0 Å². The number of piperazine rings is 1. The third-order valence-corrected chi connectivity index (χ3v) is 5.81. The Morgan fingerprint density at radius 1 is 0.933 bits per heavy atom. The average molecular weight is 405 g/mol. The molecule has 3 heterocycles. The number of nitrogens with zero attached hydrogens (tertiary/aromatic N) is 4. The number of benzene rings is 1. The molecule has 1 aromatic heterocycles. The number of hydrogen-bond donors (Lipinski definition) is 0. The number of pyridine rings is 1. The van der Waals surface area contributed by atoms with Gasteiger partial charge in [0.25, 0.3) is 11.8 Å². The lowest BCUT2D eigenvalue weighted by Gasteiger charge is -2.37. The number of aryl methyl sites for hydroxylation is 2. The van der Waals surface area contributed by atoms with Crippen molar-refractivity contribution in [3.63, 3.8) is 0 Å². The van der Waals surface area contributed by atoms with E-state index in [1.807, 2.05) is 51.1 Å². The quantitative estimate of drug-likeness (QED) is 0.717. The van der Waals surface area contributed by atoms with E-state index >= 15 is 0 Å². The molecule has 2 aliphatic rings. The van der Waals surface area contributed by atoms with Crippen LogP contribution in [0.25, 0.3) is 5.57 Å². The summed E-state index contributed by atoms with van der Waals surface area (Å²) in [6, 6.07) is 11.9. The largest absolute Gasteiger partial charge is 0.363 e. The minimum atomic E-state index is -0.170. The second-order valence-electron chi connectivity index (χ2n) is 7.97. The van der Waals surface area contributed by atoms with Crippen molar-refractivity contribution in [3.8, 4) is 0 Å². The van der Waals surface area contributed by atoms with Gasteiger partial charge in [-0.05, 0) is 43.5 Å². The summed E-state index contributed by atoms with van der Waals surface area (Å²) in [5, 5.41) is 0. The van der Waals surface area contributed by atoms with Crippen molar-refractivity contribution in [2.45, 2.75) is 27.2 Å². The number of anilines is 1. The van der Waals surface area contributed by atoms with Crippen LogP contribution < -0.4 is 4.90 Å². The first-order chi connectivity index (χ1) is 14.5. The van der Waals surface area contributed by atoms with Crippen LogP contribution in [-0.4, -0.2) is 59.3 Å². The highest BCUT2D eigenvalue weighted by molar-refractivity contribution is 6.35. The van der Waals surface area contributed by atoms with Crippen molar-refractivity contribution in [3.05, 3.63) is 65.0 Å². The van der Waals surface area contributed by atoms with E-state index in [2.05, 4.69) is 20.9 Å². The molecule has 1 fully saturated rings. The molecule has 6 nitrogen and oxygen atoms in total. The summed E-state index contributed by atoms with van der Waals surface area (Å²) in [4.78, 5) is 36.7. The average Bonchev–Trinajstić information content (AvgIpc) is 2.99. The van der Waals surface area contributed by atoms with Crippen molar-refractivity contribution in [2.24, 2.45) is 0 Å². The molecule has 6 heteroatoms. The molecule has 0 bridgehead atoms. The van der Waals surface area contributed by atoms with Gasteiger partial charge < -0.3 is 9.80 Å². The molecule has 0 saturated carbocycles. The van der Waals surface area contributed by atoms with Gasteiger partial charge in [0, 0.05) is 38.9 Å². The van der Waals surface area contributed by atoms with E-state index in [-0.39, 0.29) is 11.8 Å². The highest BCUT2D eigenvalue weighted by Gasteiger charge is 2.42. The zero-order valence-electron chi connectivity index (χ0n) is 17.9. The highest BCUT2D eigenvalue weighted by atomic mass is 16.2. The van der Waals surface area contributed by atoms with Crippen LogP contribution in [0.2, 0.25) is 0 Å². The van der Waals surface area contributed by atoms with Crippen LogP contribution in [0, 0.1) is 13.8 Å². The minimum Gasteiger partial charge on any atom is -0.363 e. The predicted octanol–water partition coefficient (Wildman–Crippen LogP) is 3.01. The molecule has 0 N–H and O–H groups in total. The van der Waals surface area contributed by atoms with E-state index in [4.69, 9.17) is 0 Å². The van der Waals surface area contributed by atoms with Gasteiger partial charge in [-0.25, -0.2) is 4.98 Å². The zero-order valence-corrected chi connectivity index (χ0v) is 17.9. The first-order valence-corrected chi connectivity index (χ1v) is 10.6. The van der Waals surface area contributed by atoms with Gasteiger partial charge in [-0.1, -0.05) is 36.8 Å². The van der Waals surface area contributed by atoms with Crippen LogP contribution in [0.1, 0.15) is 30.0 Å². The number of aromatic nitrogens is 1. The fourth-order valence-electron chi connectivity index (χ4n) is 4.32. The molecule has 2 amide bonds. The Kier molecular flexibility index (Phi) is 5.57. The summed E-state index contributed by atoms with van der Waals surface area (Å²) in [6.07, 6.45) is 2.54. The van der Waals surface area contributed by atoms with Gasteiger partial charge in [-0.2, -0.15) is 0 Å². The maximum Gasteiger partial charge on any atom is 0.277 e. The molecule has 2 aromatic rings. The molecule has 2 aliphatic heterocycles. The zero-order chi connectivity index (χ0) is 21.3. The first-order valence-electron chi connectivity index (χ1n) is 10.6. The maximum absolute atomic E-state index is 13.3. The third kappa shape index (κ3) is 3.58. The van der Waals surface area contributed by atoms with Crippen LogP contribution in [-0.2, 0) is 9.59 Å². The molecule has 0 unspecified atom stereocenters. The molecule has 30 heavy (non-hydrogen) atoms. The molecular formula is C24H28N4O2. The van der Waals surface area contributed by atoms with Crippen molar-refractivity contribution < 1.29 is 9.59 Å². The normalized spacial score (nSPS) is 17.4. The Bertz CT molecular complexity index is 992. The Morgan fingerprint density at radius 2 is 1.67 bits per heavy atom. The summed E-state index contributed by atoms with van der Waals surface area (Å²) in [5.74, 6) is 0.612. The fourth-order valence-corrected chi connectivity index (χ4v) is 4.32. The lowest BCUT2D eigenvalue weighted by Crippen LogP contribution is -2.48. The van der Waals surface area contributed by atoms with E-state index in [9.17, 15) is 9.59 Å². The molecule has 4 rings (SSSR count). The lowest BCUT2D eigenvalue weighted by molar-refractivity contribution is -0.137. The summed E-state index contributed by atoms with van der Waals surface area (Å²) < 4.78 is 0. The Labute approximate surface area is 177 Å². The monoisotopic (exact) mass is 404 g/mol. The molecule has 1 aromatic carbocycles. The second kappa shape index (κ2) is 8.30. The van der Waals surface area contributed by atoms with E-state index in [1.54, 1.807) is 6.20 Å². The first kappa shape index (κ1) is 20.1. The van der Waals surface area contributed by atoms with Crippen molar-refractivity contribution in [2.75, 3.05) is 37.6 Å². The smallest absolute Gasteiger partial charge is 0.277 e. The number of imide groups is 1. The Balaban J connectivity index is 1.68. The Morgan fingerprint density at radius 3 is 2.30 bits per heavy atom. The summed E-state index contributed by atoms with van der Waals surface area (Å²) >= 11 is 0. The SMILES string of the molecule is CCCN1C(=O)C(c2ccc(C)cc2C)=C(N2CCN(c3ccccn3)CC2)C1=O. The van der Waals surface area contributed by atoms with E-state index in [0.29, 0.717) is 30.9 Å². The van der Waals surface area contributed by atoms with Crippen molar-refractivity contribution >= 4 is 23.2 Å². The molecule has 0 atom stereocenters. The van der Waals surface area contributed by atoms with Gasteiger partial charge in [-0.15, -0.1) is 0 Å². The number of hydrogen-bond acceptors (Lipinski definition) is 5. The number of amides is 2. The van der Waals surface area contributed by atoms with Crippen molar-refractivity contribution in [1.82, 2.24) is 14.8 Å². The number of carbonyl (C=O) groups excluding carboxylic acids is 2. The second-order valence-corrected chi connectivity index (χ2v) is 7.97. The molecule has 1 saturated heterocycles. The molecular weight excluding hydrogens is 376 g/mol. The van der Waals surface area contributed by atoms with Crippen molar-refractivity contribution in [1.29, 1.82) is 0 Å². The summed E-state index contributed by atoms with van der Waals surface area (Å²) in [5.41, 5.74) is 4.14. The predicted molar refractivity (Wildman–Crippen MR) is 118 cm³/mol. The summed E-state index contributed by atoms with van der Waals surface area (Å²) in [6.45, 7) is 9.36. The lowest BCUT2D eigenvalue weighted by atomic mass is 9.97. The van der Waals surface area contributed by atoms with E-state index in [0.717, 1.165) is 42.0 Å². The minimum absolute atomic E-state index is 0.164. The van der Waals surface area contributed by atoms with Crippen LogP contribution in [0.4, 0.5) is 5.82 Å². The third-order valence-electron chi connectivity index (χ3n) is 5.81. The van der Waals surface area contributed by atoms with Gasteiger partial charge in [0.1, 0.15) is 11.5 Å². The van der Waals surface area contributed by atoms with Gasteiger partial charge in [0.15, 0.2) is 0 Å². The molecule has 156 valence electrons. The van der Waals surface area contributed by atoms with E-state index in [1.165, 1.54) is 4.90 Å².